The second kappa shape index (κ2) is 8.08. The van der Waals surface area contributed by atoms with Crippen LogP contribution >= 0.6 is 0 Å². The molecule has 0 aliphatic carbocycles. The van der Waals surface area contributed by atoms with Crippen molar-refractivity contribution in [1.29, 1.82) is 0 Å². The fourth-order valence-corrected chi connectivity index (χ4v) is 2.51. The Balaban J connectivity index is 2.01. The van der Waals surface area contributed by atoms with Crippen LogP contribution in [0.25, 0.3) is 10.9 Å². The van der Waals surface area contributed by atoms with E-state index in [0.717, 1.165) is 0 Å². The van der Waals surface area contributed by atoms with Crippen molar-refractivity contribution < 1.29 is 22.6 Å². The number of hydrogen-bond donors (Lipinski definition) is 2. The number of aromatic nitrogens is 2. The summed E-state index contributed by atoms with van der Waals surface area (Å²) in [6.07, 6.45) is 2.64. The van der Waals surface area contributed by atoms with Gasteiger partial charge in [-0.3, -0.25) is 0 Å². The maximum absolute atomic E-state index is 10.7. The molecule has 0 saturated carbocycles. The number of benzene rings is 1. The van der Waals surface area contributed by atoms with Crippen LogP contribution in [0.2, 0.25) is 0 Å². The van der Waals surface area contributed by atoms with Gasteiger partial charge in [0.2, 0.25) is 5.88 Å². The summed E-state index contributed by atoms with van der Waals surface area (Å²) in [4.78, 5) is 8.33. The summed E-state index contributed by atoms with van der Waals surface area (Å²) in [6.45, 7) is 0.643. The van der Waals surface area contributed by atoms with Crippen LogP contribution < -0.4 is 24.1 Å². The SMILES string of the molecule is COc1cc2ncnc(OCCCCNS(N)(=O)=O)c2cc1OC. The number of methoxy groups -OCH3 is 2. The lowest BCUT2D eigenvalue weighted by atomic mass is 10.2. The van der Waals surface area contributed by atoms with Crippen LogP contribution in [0.3, 0.4) is 0 Å². The zero-order valence-electron chi connectivity index (χ0n) is 13.5. The van der Waals surface area contributed by atoms with Crippen molar-refractivity contribution in [3.63, 3.8) is 0 Å². The van der Waals surface area contributed by atoms with E-state index in [-0.39, 0.29) is 6.54 Å². The zero-order valence-corrected chi connectivity index (χ0v) is 14.3. The minimum atomic E-state index is -3.64. The van der Waals surface area contributed by atoms with Gasteiger partial charge in [-0.05, 0) is 18.9 Å². The van der Waals surface area contributed by atoms with Crippen molar-refractivity contribution in [2.24, 2.45) is 5.14 Å². The number of fused-ring (bicyclic) bond motifs is 1. The Hall–Kier alpha value is -2.17. The third-order valence-corrected chi connectivity index (χ3v) is 3.82. The number of nitrogens with two attached hydrogens (primary N) is 1. The molecule has 0 amide bonds. The number of nitrogens with one attached hydrogen (secondary N) is 1. The molecule has 24 heavy (non-hydrogen) atoms. The number of rotatable bonds is 9. The van der Waals surface area contributed by atoms with Crippen molar-refractivity contribution >= 4 is 21.1 Å². The first-order valence-corrected chi connectivity index (χ1v) is 8.76. The molecule has 0 radical (unpaired) electrons. The van der Waals surface area contributed by atoms with Crippen molar-refractivity contribution in [3.8, 4) is 17.4 Å². The summed E-state index contributed by atoms with van der Waals surface area (Å²) in [5, 5.41) is 5.55. The number of unbranched alkanes of at least 4 members (excludes halogenated alkanes) is 1. The van der Waals surface area contributed by atoms with Gasteiger partial charge in [-0.1, -0.05) is 0 Å². The first-order valence-electron chi connectivity index (χ1n) is 7.21. The molecule has 0 bridgehead atoms. The van der Waals surface area contributed by atoms with E-state index < -0.39 is 10.2 Å². The van der Waals surface area contributed by atoms with Gasteiger partial charge < -0.3 is 14.2 Å². The maximum Gasteiger partial charge on any atom is 0.274 e. The third kappa shape index (κ3) is 4.91. The molecule has 0 unspecified atom stereocenters. The molecule has 0 fully saturated rings. The van der Waals surface area contributed by atoms with Gasteiger partial charge >= 0.3 is 0 Å². The zero-order chi connectivity index (χ0) is 17.6. The Kier molecular flexibility index (Phi) is 6.12. The molecule has 2 rings (SSSR count). The topological polar surface area (TPSA) is 126 Å². The first kappa shape index (κ1) is 18.2. The molecular weight excluding hydrogens is 336 g/mol. The number of hydrogen-bond acceptors (Lipinski definition) is 7. The third-order valence-electron chi connectivity index (χ3n) is 3.22. The van der Waals surface area contributed by atoms with E-state index >= 15 is 0 Å². The molecule has 0 aliphatic rings. The molecular formula is C14H20N4O5S. The van der Waals surface area contributed by atoms with Gasteiger partial charge in [-0.25, -0.2) is 19.8 Å². The van der Waals surface area contributed by atoms with E-state index in [1.54, 1.807) is 26.4 Å². The molecule has 132 valence electrons. The summed E-state index contributed by atoms with van der Waals surface area (Å²) >= 11 is 0. The standard InChI is InChI=1S/C14H20N4O5S/c1-21-12-7-10-11(8-13(12)22-2)16-9-17-14(10)23-6-4-3-5-18-24(15,19)20/h7-9,18H,3-6H2,1-2H3,(H2,15,19,20). The van der Waals surface area contributed by atoms with Crippen LogP contribution in [0.4, 0.5) is 0 Å². The second-order valence-corrected chi connectivity index (χ2v) is 6.28. The van der Waals surface area contributed by atoms with E-state index in [2.05, 4.69) is 14.7 Å². The fourth-order valence-electron chi connectivity index (χ4n) is 2.08. The van der Waals surface area contributed by atoms with Crippen LogP contribution in [-0.4, -0.2) is 45.8 Å². The summed E-state index contributed by atoms with van der Waals surface area (Å²) in [6, 6.07) is 3.50. The highest BCUT2D eigenvalue weighted by Crippen LogP contribution is 2.34. The van der Waals surface area contributed by atoms with Gasteiger partial charge in [0.05, 0.1) is 31.7 Å². The summed E-state index contributed by atoms with van der Waals surface area (Å²) < 4.78 is 39.9. The highest BCUT2D eigenvalue weighted by Gasteiger charge is 2.11. The predicted octanol–water partition coefficient (Wildman–Crippen LogP) is 0.599. The van der Waals surface area contributed by atoms with Crippen LogP contribution in [0, 0.1) is 0 Å². The molecule has 1 aromatic carbocycles. The predicted molar refractivity (Wildman–Crippen MR) is 88.5 cm³/mol. The van der Waals surface area contributed by atoms with Crippen molar-refractivity contribution in [2.75, 3.05) is 27.4 Å². The minimum absolute atomic E-state index is 0.262. The van der Waals surface area contributed by atoms with Crippen LogP contribution in [0.1, 0.15) is 12.8 Å². The van der Waals surface area contributed by atoms with Gasteiger partial charge in [0.15, 0.2) is 11.5 Å². The summed E-state index contributed by atoms with van der Waals surface area (Å²) in [5.41, 5.74) is 0.675. The fraction of sp³-hybridized carbons (Fsp3) is 0.429. The average molecular weight is 356 g/mol. The second-order valence-electron chi connectivity index (χ2n) is 4.90. The first-order chi connectivity index (χ1) is 11.4. The molecule has 0 spiro atoms. The Morgan fingerprint density at radius 1 is 1.12 bits per heavy atom. The van der Waals surface area contributed by atoms with Gasteiger partial charge in [0, 0.05) is 12.6 Å². The lowest BCUT2D eigenvalue weighted by molar-refractivity contribution is 0.299. The molecule has 3 N–H and O–H groups in total. The van der Waals surface area contributed by atoms with Crippen LogP contribution in [0.15, 0.2) is 18.5 Å². The van der Waals surface area contributed by atoms with E-state index in [4.69, 9.17) is 19.3 Å². The van der Waals surface area contributed by atoms with Crippen LogP contribution in [0.5, 0.6) is 17.4 Å². The molecule has 1 heterocycles. The van der Waals surface area contributed by atoms with Crippen molar-refractivity contribution in [1.82, 2.24) is 14.7 Å². The summed E-state index contributed by atoms with van der Waals surface area (Å²) in [7, 11) is -0.542. The lowest BCUT2D eigenvalue weighted by Gasteiger charge is -2.11. The highest BCUT2D eigenvalue weighted by molar-refractivity contribution is 7.87. The van der Waals surface area contributed by atoms with Crippen molar-refractivity contribution in [2.45, 2.75) is 12.8 Å². The minimum Gasteiger partial charge on any atom is -0.493 e. The van der Waals surface area contributed by atoms with E-state index in [0.29, 0.717) is 47.7 Å². The molecule has 0 saturated heterocycles. The Bertz CT molecular complexity index is 797. The van der Waals surface area contributed by atoms with Gasteiger partial charge in [0.1, 0.15) is 6.33 Å². The largest absolute Gasteiger partial charge is 0.493 e. The average Bonchev–Trinajstić information content (AvgIpc) is 2.55. The van der Waals surface area contributed by atoms with E-state index in [1.165, 1.54) is 6.33 Å². The summed E-state index contributed by atoms with van der Waals surface area (Å²) in [5.74, 6) is 1.56. The molecule has 0 aliphatic heterocycles. The maximum atomic E-state index is 10.7. The molecule has 9 nitrogen and oxygen atoms in total. The number of nitrogens with zero attached hydrogens (tertiary/aromatic N) is 2. The lowest BCUT2D eigenvalue weighted by Crippen LogP contribution is -2.31. The smallest absolute Gasteiger partial charge is 0.274 e. The van der Waals surface area contributed by atoms with Crippen molar-refractivity contribution in [3.05, 3.63) is 18.5 Å². The monoisotopic (exact) mass is 356 g/mol. The van der Waals surface area contributed by atoms with Crippen LogP contribution in [-0.2, 0) is 10.2 Å². The molecule has 1 aromatic heterocycles. The number of ether oxygens (including phenoxy) is 3. The van der Waals surface area contributed by atoms with Gasteiger partial charge in [-0.15, -0.1) is 0 Å². The Morgan fingerprint density at radius 2 is 1.83 bits per heavy atom. The van der Waals surface area contributed by atoms with Gasteiger partial charge in [-0.2, -0.15) is 8.42 Å². The molecule has 0 atom stereocenters. The van der Waals surface area contributed by atoms with Gasteiger partial charge in [0.25, 0.3) is 10.2 Å². The Labute approximate surface area is 140 Å². The molecule has 2 aromatic rings. The normalized spacial score (nSPS) is 11.5. The van der Waals surface area contributed by atoms with E-state index in [1.807, 2.05) is 0 Å². The van der Waals surface area contributed by atoms with E-state index in [9.17, 15) is 8.42 Å². The molecule has 10 heteroatoms. The quantitative estimate of drug-likeness (QED) is 0.630. The highest BCUT2D eigenvalue weighted by atomic mass is 32.2. The Morgan fingerprint density at radius 3 is 2.50 bits per heavy atom.